The summed E-state index contributed by atoms with van der Waals surface area (Å²) in [4.78, 5) is 60.1. The molecule has 0 spiro atoms. The first-order chi connectivity index (χ1) is 22.5. The molecule has 1 aliphatic heterocycles. The maximum absolute atomic E-state index is 13.7. The lowest BCUT2D eigenvalue weighted by Gasteiger charge is -2.28. The number of hydrogen-bond donors (Lipinski definition) is 4. The Labute approximate surface area is 274 Å². The molecule has 0 radical (unpaired) electrons. The number of ether oxygens (including phenoxy) is 1. The Bertz CT molecular complexity index is 1160. The fourth-order valence-corrected chi connectivity index (χ4v) is 5.73. The van der Waals surface area contributed by atoms with E-state index in [2.05, 4.69) is 32.8 Å². The SMILES string of the molecule is CCCCCCCCCCCCNC(=O)CCCNC(=O)C1CCCN1C(=O)C(Cc1cnc[nH]1)NC(=O)OCc1ccccc1. The third kappa shape index (κ3) is 14.0. The summed E-state index contributed by atoms with van der Waals surface area (Å²) in [5.41, 5.74) is 1.50. The van der Waals surface area contributed by atoms with E-state index in [1.165, 1.54) is 62.6 Å². The Morgan fingerprint density at radius 2 is 1.63 bits per heavy atom. The first kappa shape index (κ1) is 36.6. The van der Waals surface area contributed by atoms with Gasteiger partial charge in [-0.05, 0) is 31.2 Å². The van der Waals surface area contributed by atoms with E-state index in [1.54, 1.807) is 6.20 Å². The zero-order valence-corrected chi connectivity index (χ0v) is 27.6. The third-order valence-corrected chi connectivity index (χ3v) is 8.35. The maximum Gasteiger partial charge on any atom is 0.408 e. The van der Waals surface area contributed by atoms with Gasteiger partial charge in [-0.2, -0.15) is 0 Å². The summed E-state index contributed by atoms with van der Waals surface area (Å²) >= 11 is 0. The van der Waals surface area contributed by atoms with Crippen LogP contribution in [0.3, 0.4) is 0 Å². The molecular weight excluding hydrogens is 584 g/mol. The van der Waals surface area contributed by atoms with Crippen molar-refractivity contribution in [1.82, 2.24) is 30.8 Å². The van der Waals surface area contributed by atoms with Gasteiger partial charge >= 0.3 is 6.09 Å². The summed E-state index contributed by atoms with van der Waals surface area (Å²) in [7, 11) is 0. The van der Waals surface area contributed by atoms with Gasteiger partial charge in [0, 0.05) is 44.4 Å². The Kier molecular flexibility index (Phi) is 17.3. The number of aromatic amines is 1. The third-order valence-electron chi connectivity index (χ3n) is 8.35. The molecule has 46 heavy (non-hydrogen) atoms. The van der Waals surface area contributed by atoms with Crippen molar-refractivity contribution in [2.24, 2.45) is 0 Å². The molecule has 1 aromatic heterocycles. The summed E-state index contributed by atoms with van der Waals surface area (Å²) in [5.74, 6) is -0.603. The normalized spacial score (nSPS) is 14.9. The largest absolute Gasteiger partial charge is 0.445 e. The van der Waals surface area contributed by atoms with Crippen LogP contribution in [-0.2, 0) is 32.1 Å². The van der Waals surface area contributed by atoms with Gasteiger partial charge < -0.3 is 30.6 Å². The molecular formula is C35H54N6O5. The zero-order chi connectivity index (χ0) is 32.8. The summed E-state index contributed by atoms with van der Waals surface area (Å²) in [6.07, 6.45) is 17.2. The Morgan fingerprint density at radius 1 is 0.935 bits per heavy atom. The van der Waals surface area contributed by atoms with Crippen LogP contribution in [0.1, 0.15) is 108 Å². The van der Waals surface area contributed by atoms with Gasteiger partial charge in [-0.15, -0.1) is 0 Å². The van der Waals surface area contributed by atoms with Crippen molar-refractivity contribution >= 4 is 23.8 Å². The Balaban J connectivity index is 1.35. The van der Waals surface area contributed by atoms with E-state index in [0.717, 1.165) is 18.4 Å². The highest BCUT2D eigenvalue weighted by molar-refractivity contribution is 5.92. The van der Waals surface area contributed by atoms with Crippen LogP contribution in [0.25, 0.3) is 0 Å². The van der Waals surface area contributed by atoms with Crippen LogP contribution >= 0.6 is 0 Å². The molecule has 11 nitrogen and oxygen atoms in total. The first-order valence-corrected chi connectivity index (χ1v) is 17.3. The second-order valence-electron chi connectivity index (χ2n) is 12.2. The fraction of sp³-hybridized carbons (Fsp3) is 0.629. The molecule has 0 bridgehead atoms. The topological polar surface area (TPSA) is 146 Å². The fourth-order valence-electron chi connectivity index (χ4n) is 5.73. The van der Waals surface area contributed by atoms with Gasteiger partial charge in [0.05, 0.1) is 6.33 Å². The van der Waals surface area contributed by atoms with Gasteiger partial charge in [0.1, 0.15) is 18.7 Å². The number of carbonyl (C=O) groups excluding carboxylic acids is 4. The maximum atomic E-state index is 13.7. The number of hydrogen-bond acceptors (Lipinski definition) is 6. The number of rotatable bonds is 22. The number of likely N-dealkylation sites (tertiary alicyclic amines) is 1. The Hall–Kier alpha value is -3.89. The molecule has 4 amide bonds. The average Bonchev–Trinajstić information content (AvgIpc) is 3.77. The van der Waals surface area contributed by atoms with Crippen molar-refractivity contribution in [3.63, 3.8) is 0 Å². The van der Waals surface area contributed by atoms with Gasteiger partial charge in [0.15, 0.2) is 0 Å². The number of benzene rings is 1. The van der Waals surface area contributed by atoms with Crippen molar-refractivity contribution in [3.8, 4) is 0 Å². The lowest BCUT2D eigenvalue weighted by molar-refractivity contribution is -0.140. The molecule has 1 aliphatic rings. The number of amides is 4. The molecule has 2 atom stereocenters. The van der Waals surface area contributed by atoms with Gasteiger partial charge in [-0.25, -0.2) is 9.78 Å². The highest BCUT2D eigenvalue weighted by atomic mass is 16.5. The van der Waals surface area contributed by atoms with Crippen LogP contribution in [0.15, 0.2) is 42.9 Å². The minimum atomic E-state index is -0.934. The predicted octanol–water partition coefficient (Wildman–Crippen LogP) is 5.17. The number of carbonyl (C=O) groups is 4. The number of aromatic nitrogens is 2. The number of imidazole rings is 1. The van der Waals surface area contributed by atoms with Crippen LogP contribution in [0.2, 0.25) is 0 Å². The van der Waals surface area contributed by atoms with Gasteiger partial charge in [-0.3, -0.25) is 14.4 Å². The van der Waals surface area contributed by atoms with Crippen molar-refractivity contribution in [2.75, 3.05) is 19.6 Å². The van der Waals surface area contributed by atoms with E-state index in [4.69, 9.17) is 4.74 Å². The van der Waals surface area contributed by atoms with Crippen molar-refractivity contribution in [2.45, 2.75) is 122 Å². The van der Waals surface area contributed by atoms with Crippen molar-refractivity contribution < 1.29 is 23.9 Å². The number of alkyl carbamates (subject to hydrolysis) is 1. The lowest BCUT2D eigenvalue weighted by atomic mass is 10.1. The summed E-state index contributed by atoms with van der Waals surface area (Å²) in [6, 6.07) is 7.71. The molecule has 0 aliphatic carbocycles. The van der Waals surface area contributed by atoms with E-state index in [-0.39, 0.29) is 30.7 Å². The molecule has 1 saturated heterocycles. The highest BCUT2D eigenvalue weighted by Gasteiger charge is 2.38. The van der Waals surface area contributed by atoms with E-state index >= 15 is 0 Å². The Morgan fingerprint density at radius 3 is 2.33 bits per heavy atom. The molecule has 11 heteroatoms. The molecule has 4 N–H and O–H groups in total. The summed E-state index contributed by atoms with van der Waals surface area (Å²) in [6.45, 7) is 3.77. The number of nitrogens with zero attached hydrogens (tertiary/aromatic N) is 2. The predicted molar refractivity (Wildman–Crippen MR) is 178 cm³/mol. The van der Waals surface area contributed by atoms with Crippen LogP contribution in [0.4, 0.5) is 4.79 Å². The monoisotopic (exact) mass is 638 g/mol. The summed E-state index contributed by atoms with van der Waals surface area (Å²) in [5, 5.41) is 8.57. The molecule has 1 fully saturated rings. The molecule has 1 aromatic carbocycles. The molecule has 2 unspecified atom stereocenters. The van der Waals surface area contributed by atoms with E-state index < -0.39 is 18.2 Å². The minimum Gasteiger partial charge on any atom is -0.445 e. The zero-order valence-electron chi connectivity index (χ0n) is 27.6. The number of H-pyrrole nitrogens is 1. The quantitative estimate of drug-likeness (QED) is 0.131. The number of unbranched alkanes of at least 4 members (excludes halogenated alkanes) is 9. The second kappa shape index (κ2) is 21.8. The minimum absolute atomic E-state index is 0.00489. The van der Waals surface area contributed by atoms with Crippen molar-refractivity contribution in [1.29, 1.82) is 0 Å². The van der Waals surface area contributed by atoms with Crippen LogP contribution in [0, 0.1) is 0 Å². The van der Waals surface area contributed by atoms with Crippen LogP contribution in [0.5, 0.6) is 0 Å². The lowest BCUT2D eigenvalue weighted by Crippen LogP contribution is -2.54. The first-order valence-electron chi connectivity index (χ1n) is 17.3. The molecule has 2 aromatic rings. The molecule has 0 saturated carbocycles. The van der Waals surface area contributed by atoms with Gasteiger partial charge in [0.2, 0.25) is 17.7 Å². The summed E-state index contributed by atoms with van der Waals surface area (Å²) < 4.78 is 5.36. The molecule has 3 rings (SSSR count). The average molecular weight is 639 g/mol. The smallest absolute Gasteiger partial charge is 0.408 e. The van der Waals surface area contributed by atoms with Gasteiger partial charge in [-0.1, -0.05) is 95.0 Å². The molecule has 254 valence electrons. The molecule has 2 heterocycles. The van der Waals surface area contributed by atoms with E-state index in [1.807, 2.05) is 30.3 Å². The van der Waals surface area contributed by atoms with Crippen molar-refractivity contribution in [3.05, 3.63) is 54.1 Å². The van der Waals surface area contributed by atoms with Crippen LogP contribution < -0.4 is 16.0 Å². The second-order valence-corrected chi connectivity index (χ2v) is 12.2. The standard InChI is InChI=1S/C35H54N6O5/c1-2-3-4-5-6-7-8-9-10-14-21-37-32(42)20-15-22-38-33(43)31-19-16-23-41(31)34(44)30(24-29-25-36-27-39-29)40-35(45)46-26-28-17-12-11-13-18-28/h11-13,17-18,25,27,30-31H,2-10,14-16,19-24,26H2,1H3,(H,36,39)(H,37,42)(H,38,43)(H,40,45). The highest BCUT2D eigenvalue weighted by Crippen LogP contribution is 2.20. The van der Waals surface area contributed by atoms with Crippen LogP contribution in [-0.4, -0.2) is 70.4 Å². The number of nitrogens with one attached hydrogen (secondary N) is 4. The van der Waals surface area contributed by atoms with E-state index in [0.29, 0.717) is 51.0 Å². The van der Waals surface area contributed by atoms with E-state index in [9.17, 15) is 19.2 Å². The van der Waals surface area contributed by atoms with Gasteiger partial charge in [0.25, 0.3) is 0 Å².